The lowest BCUT2D eigenvalue weighted by Gasteiger charge is -2.17. The monoisotopic (exact) mass is 323 g/mol. The standard InChI is InChI=1S/C19H21N3O2/c23-18(7-6-15-4-2-1-3-5-15)22-13-10-17(14-22)21-19(24)16-8-11-20-12-9-16/h1-5,8-9,11-12,17H,6-7,10,13-14H2,(H,21,24). The Labute approximate surface area is 141 Å². The van der Waals surface area contributed by atoms with Crippen LogP contribution in [0.1, 0.15) is 28.8 Å². The van der Waals surface area contributed by atoms with Crippen molar-refractivity contribution in [3.8, 4) is 0 Å². The lowest BCUT2D eigenvalue weighted by molar-refractivity contribution is -0.130. The number of rotatable bonds is 5. The number of carbonyl (C=O) groups is 2. The molecule has 2 aromatic rings. The van der Waals surface area contributed by atoms with Gasteiger partial charge in [-0.2, -0.15) is 0 Å². The predicted molar refractivity (Wildman–Crippen MR) is 91.5 cm³/mol. The van der Waals surface area contributed by atoms with E-state index in [4.69, 9.17) is 0 Å². The Bertz CT molecular complexity index is 688. The Kier molecular flexibility index (Phi) is 5.21. The first-order valence-corrected chi connectivity index (χ1v) is 8.25. The van der Waals surface area contributed by atoms with Gasteiger partial charge in [-0.05, 0) is 30.5 Å². The highest BCUT2D eigenvalue weighted by molar-refractivity contribution is 5.94. The maximum atomic E-state index is 12.3. The Balaban J connectivity index is 1.46. The molecule has 1 fully saturated rings. The van der Waals surface area contributed by atoms with Crippen LogP contribution < -0.4 is 5.32 Å². The van der Waals surface area contributed by atoms with Gasteiger partial charge in [-0.3, -0.25) is 14.6 Å². The van der Waals surface area contributed by atoms with Gasteiger partial charge < -0.3 is 10.2 Å². The molecule has 1 aromatic carbocycles. The van der Waals surface area contributed by atoms with E-state index in [0.29, 0.717) is 25.1 Å². The first-order valence-electron chi connectivity index (χ1n) is 8.25. The van der Waals surface area contributed by atoms with E-state index in [9.17, 15) is 9.59 Å². The van der Waals surface area contributed by atoms with Crippen LogP contribution in [0.5, 0.6) is 0 Å². The number of carbonyl (C=O) groups excluding carboxylic acids is 2. The van der Waals surface area contributed by atoms with Gasteiger partial charge in [0.1, 0.15) is 0 Å². The van der Waals surface area contributed by atoms with Crippen LogP contribution in [0.15, 0.2) is 54.9 Å². The highest BCUT2D eigenvalue weighted by atomic mass is 16.2. The number of aryl methyl sites for hydroxylation is 1. The molecule has 0 aliphatic carbocycles. The summed E-state index contributed by atoms with van der Waals surface area (Å²) in [5.74, 6) is 0.0421. The predicted octanol–water partition coefficient (Wildman–Crippen LogP) is 2.05. The lowest BCUT2D eigenvalue weighted by atomic mass is 10.1. The summed E-state index contributed by atoms with van der Waals surface area (Å²) in [7, 11) is 0. The van der Waals surface area contributed by atoms with Crippen molar-refractivity contribution in [1.29, 1.82) is 0 Å². The lowest BCUT2D eigenvalue weighted by Crippen LogP contribution is -2.38. The summed E-state index contributed by atoms with van der Waals surface area (Å²) in [6.45, 7) is 1.29. The van der Waals surface area contributed by atoms with E-state index in [1.54, 1.807) is 24.5 Å². The highest BCUT2D eigenvalue weighted by Crippen LogP contribution is 2.13. The van der Waals surface area contributed by atoms with Crippen LogP contribution in [-0.4, -0.2) is 40.8 Å². The van der Waals surface area contributed by atoms with Gasteiger partial charge in [-0.15, -0.1) is 0 Å². The SMILES string of the molecule is O=C(NC1CCN(C(=O)CCc2ccccc2)C1)c1ccncc1. The zero-order valence-electron chi connectivity index (χ0n) is 13.5. The number of nitrogens with one attached hydrogen (secondary N) is 1. The minimum Gasteiger partial charge on any atom is -0.347 e. The minimum atomic E-state index is -0.110. The number of aromatic nitrogens is 1. The summed E-state index contributed by atoms with van der Waals surface area (Å²) < 4.78 is 0. The highest BCUT2D eigenvalue weighted by Gasteiger charge is 2.27. The summed E-state index contributed by atoms with van der Waals surface area (Å²) in [6.07, 6.45) is 5.26. The molecule has 5 heteroatoms. The number of hydrogen-bond donors (Lipinski definition) is 1. The van der Waals surface area contributed by atoms with Crippen LogP contribution in [0.3, 0.4) is 0 Å². The second-order valence-electron chi connectivity index (χ2n) is 6.02. The topological polar surface area (TPSA) is 62.3 Å². The average molecular weight is 323 g/mol. The van der Waals surface area contributed by atoms with Crippen LogP contribution in [0.25, 0.3) is 0 Å². The smallest absolute Gasteiger partial charge is 0.251 e. The number of likely N-dealkylation sites (tertiary alicyclic amines) is 1. The van der Waals surface area contributed by atoms with E-state index < -0.39 is 0 Å². The molecule has 1 aliphatic rings. The number of hydrogen-bond acceptors (Lipinski definition) is 3. The van der Waals surface area contributed by atoms with Gasteiger partial charge in [0.2, 0.25) is 5.91 Å². The molecule has 0 radical (unpaired) electrons. The van der Waals surface area contributed by atoms with E-state index in [-0.39, 0.29) is 17.9 Å². The molecule has 0 saturated carbocycles. The van der Waals surface area contributed by atoms with Crippen molar-refractivity contribution in [3.05, 3.63) is 66.0 Å². The number of nitrogens with zero attached hydrogens (tertiary/aromatic N) is 2. The second kappa shape index (κ2) is 7.73. The van der Waals surface area contributed by atoms with Gasteiger partial charge in [0.25, 0.3) is 5.91 Å². The van der Waals surface area contributed by atoms with Crippen molar-refractivity contribution in [2.45, 2.75) is 25.3 Å². The Morgan fingerprint density at radius 3 is 2.62 bits per heavy atom. The van der Waals surface area contributed by atoms with Crippen molar-refractivity contribution < 1.29 is 9.59 Å². The van der Waals surface area contributed by atoms with E-state index in [1.165, 1.54) is 5.56 Å². The molecule has 24 heavy (non-hydrogen) atoms. The molecule has 0 bridgehead atoms. The number of pyridine rings is 1. The third kappa shape index (κ3) is 4.19. The zero-order valence-corrected chi connectivity index (χ0v) is 13.5. The van der Waals surface area contributed by atoms with E-state index >= 15 is 0 Å². The van der Waals surface area contributed by atoms with Crippen molar-refractivity contribution in [2.24, 2.45) is 0 Å². The molecule has 2 amide bonds. The quantitative estimate of drug-likeness (QED) is 0.916. The van der Waals surface area contributed by atoms with Gasteiger partial charge >= 0.3 is 0 Å². The van der Waals surface area contributed by atoms with Crippen molar-refractivity contribution in [2.75, 3.05) is 13.1 Å². The van der Waals surface area contributed by atoms with Gasteiger partial charge in [0.05, 0.1) is 0 Å². The summed E-state index contributed by atoms with van der Waals surface area (Å²) >= 11 is 0. The molecule has 1 aromatic heterocycles. The Morgan fingerprint density at radius 1 is 1.12 bits per heavy atom. The van der Waals surface area contributed by atoms with E-state index in [1.807, 2.05) is 35.2 Å². The van der Waals surface area contributed by atoms with Gasteiger partial charge in [0, 0.05) is 43.5 Å². The van der Waals surface area contributed by atoms with Crippen LogP contribution >= 0.6 is 0 Å². The van der Waals surface area contributed by atoms with E-state index in [0.717, 1.165) is 12.8 Å². The van der Waals surface area contributed by atoms with Crippen molar-refractivity contribution in [3.63, 3.8) is 0 Å². The van der Waals surface area contributed by atoms with Crippen molar-refractivity contribution >= 4 is 11.8 Å². The minimum absolute atomic E-state index is 0.0198. The maximum Gasteiger partial charge on any atom is 0.251 e. The maximum absolute atomic E-state index is 12.3. The third-order valence-corrected chi connectivity index (χ3v) is 4.29. The molecular formula is C19H21N3O2. The van der Waals surface area contributed by atoms with Crippen LogP contribution in [0, 0.1) is 0 Å². The van der Waals surface area contributed by atoms with Crippen LogP contribution in [0.4, 0.5) is 0 Å². The molecule has 2 heterocycles. The van der Waals surface area contributed by atoms with Gasteiger partial charge in [0.15, 0.2) is 0 Å². The van der Waals surface area contributed by atoms with E-state index in [2.05, 4.69) is 10.3 Å². The van der Waals surface area contributed by atoms with Crippen molar-refractivity contribution in [1.82, 2.24) is 15.2 Å². The Hall–Kier alpha value is -2.69. The van der Waals surface area contributed by atoms with Crippen LogP contribution in [0.2, 0.25) is 0 Å². The largest absolute Gasteiger partial charge is 0.347 e. The summed E-state index contributed by atoms with van der Waals surface area (Å²) in [6, 6.07) is 13.4. The molecule has 0 spiro atoms. The first kappa shape index (κ1) is 16.2. The summed E-state index contributed by atoms with van der Waals surface area (Å²) in [5, 5.41) is 2.99. The fraction of sp³-hybridized carbons (Fsp3) is 0.316. The molecule has 1 unspecified atom stereocenters. The molecule has 1 saturated heterocycles. The fourth-order valence-electron chi connectivity index (χ4n) is 2.93. The summed E-state index contributed by atoms with van der Waals surface area (Å²) in [4.78, 5) is 30.2. The first-order chi connectivity index (χ1) is 11.7. The number of benzene rings is 1. The van der Waals surface area contributed by atoms with Crippen LogP contribution in [-0.2, 0) is 11.2 Å². The molecule has 124 valence electrons. The molecule has 1 aliphatic heterocycles. The fourth-order valence-corrected chi connectivity index (χ4v) is 2.93. The molecule has 1 atom stereocenters. The molecule has 3 rings (SSSR count). The van der Waals surface area contributed by atoms with Gasteiger partial charge in [-0.1, -0.05) is 30.3 Å². The number of amides is 2. The molecule has 5 nitrogen and oxygen atoms in total. The van der Waals surface area contributed by atoms with Gasteiger partial charge in [-0.25, -0.2) is 0 Å². The molecular weight excluding hydrogens is 302 g/mol. The normalized spacial score (nSPS) is 16.8. The summed E-state index contributed by atoms with van der Waals surface area (Å²) in [5.41, 5.74) is 1.77. The average Bonchev–Trinajstić information content (AvgIpc) is 3.10. The second-order valence-corrected chi connectivity index (χ2v) is 6.02. The molecule has 1 N–H and O–H groups in total. The Morgan fingerprint density at radius 2 is 1.88 bits per heavy atom. The third-order valence-electron chi connectivity index (χ3n) is 4.29. The zero-order chi connectivity index (χ0) is 16.8.